The average Bonchev–Trinajstić information content (AvgIpc) is 2.88. The third-order valence-corrected chi connectivity index (χ3v) is 5.26. The molecule has 1 fully saturated rings. The van der Waals surface area contributed by atoms with Crippen molar-refractivity contribution in [2.45, 2.75) is 17.9 Å². The molecule has 17 heavy (non-hydrogen) atoms. The molecule has 0 amide bonds. The van der Waals surface area contributed by atoms with Crippen LogP contribution in [-0.4, -0.2) is 40.7 Å². The van der Waals surface area contributed by atoms with Crippen LogP contribution in [0.2, 0.25) is 0 Å². The van der Waals surface area contributed by atoms with Crippen molar-refractivity contribution < 1.29 is 8.42 Å². The molecule has 0 aromatic carbocycles. The maximum Gasteiger partial charge on any atom is 0.262 e. The number of aryl methyl sites for hydroxylation is 1. The van der Waals surface area contributed by atoms with Gasteiger partial charge in [0.1, 0.15) is 0 Å². The summed E-state index contributed by atoms with van der Waals surface area (Å²) in [5, 5.41) is 1.08. The number of aromatic nitrogens is 2. The number of halogens is 1. The Kier molecular flexibility index (Phi) is 3.89. The Morgan fingerprint density at radius 2 is 2.35 bits per heavy atom. The van der Waals surface area contributed by atoms with E-state index in [1.54, 1.807) is 22.1 Å². The first-order valence-corrected chi connectivity index (χ1v) is 8.14. The summed E-state index contributed by atoms with van der Waals surface area (Å²) in [5.41, 5.74) is 0. The molecule has 0 spiro atoms. The molecule has 1 saturated heterocycles. The highest BCUT2D eigenvalue weighted by Crippen LogP contribution is 2.25. The van der Waals surface area contributed by atoms with E-state index in [-0.39, 0.29) is 5.03 Å². The second kappa shape index (κ2) is 5.07. The van der Waals surface area contributed by atoms with Crippen LogP contribution < -0.4 is 0 Å². The molecular formula is C10H16BrN3O2S. The number of sulfonamides is 1. The summed E-state index contributed by atoms with van der Waals surface area (Å²) in [6.07, 6.45) is 5.03. The average molecular weight is 322 g/mol. The van der Waals surface area contributed by atoms with Crippen LogP contribution in [0.25, 0.3) is 0 Å². The molecule has 1 aromatic heterocycles. The largest absolute Gasteiger partial charge is 0.339 e. The van der Waals surface area contributed by atoms with Crippen molar-refractivity contribution in [3.05, 3.63) is 12.5 Å². The lowest BCUT2D eigenvalue weighted by Crippen LogP contribution is -2.29. The quantitative estimate of drug-likeness (QED) is 0.783. The molecule has 1 atom stereocenters. The van der Waals surface area contributed by atoms with Crippen molar-refractivity contribution in [1.82, 2.24) is 13.9 Å². The minimum absolute atomic E-state index is 0.152. The van der Waals surface area contributed by atoms with Gasteiger partial charge in [0.2, 0.25) is 0 Å². The molecule has 0 aliphatic carbocycles. The third kappa shape index (κ3) is 2.71. The Labute approximate surface area is 110 Å². The van der Waals surface area contributed by atoms with Gasteiger partial charge in [-0.05, 0) is 18.8 Å². The molecule has 1 aromatic rings. The van der Waals surface area contributed by atoms with E-state index in [9.17, 15) is 8.42 Å². The van der Waals surface area contributed by atoms with Gasteiger partial charge in [-0.15, -0.1) is 0 Å². The standard InChI is InChI=1S/C10H16BrN3O2S/c1-13-7-10(12-8-13)17(15,16)14-5-3-9(6-14)2-4-11/h7-9H,2-6H2,1H3. The zero-order valence-electron chi connectivity index (χ0n) is 9.71. The van der Waals surface area contributed by atoms with Crippen LogP contribution in [-0.2, 0) is 17.1 Å². The highest BCUT2D eigenvalue weighted by Gasteiger charge is 2.33. The van der Waals surface area contributed by atoms with Crippen molar-refractivity contribution in [2.24, 2.45) is 13.0 Å². The summed E-state index contributed by atoms with van der Waals surface area (Å²) < 4.78 is 27.7. The fourth-order valence-corrected chi connectivity index (χ4v) is 4.20. The lowest BCUT2D eigenvalue weighted by Gasteiger charge is -2.14. The van der Waals surface area contributed by atoms with E-state index in [0.717, 1.165) is 18.2 Å². The molecule has 1 aliphatic rings. The Morgan fingerprint density at radius 1 is 1.59 bits per heavy atom. The van der Waals surface area contributed by atoms with Gasteiger partial charge in [0, 0.05) is 31.7 Å². The van der Waals surface area contributed by atoms with Crippen LogP contribution in [0.3, 0.4) is 0 Å². The van der Waals surface area contributed by atoms with Gasteiger partial charge in [-0.3, -0.25) is 0 Å². The lowest BCUT2D eigenvalue weighted by atomic mass is 10.1. The number of alkyl halides is 1. The molecule has 0 saturated carbocycles. The van der Waals surface area contributed by atoms with Gasteiger partial charge in [0.05, 0.1) is 6.33 Å². The summed E-state index contributed by atoms with van der Waals surface area (Å²) in [7, 11) is -1.62. The number of imidazole rings is 1. The Morgan fingerprint density at radius 3 is 2.94 bits per heavy atom. The van der Waals surface area contributed by atoms with E-state index in [1.165, 1.54) is 6.33 Å². The van der Waals surface area contributed by atoms with Gasteiger partial charge in [-0.1, -0.05) is 15.9 Å². The van der Waals surface area contributed by atoms with Gasteiger partial charge >= 0.3 is 0 Å². The van der Waals surface area contributed by atoms with E-state index in [4.69, 9.17) is 0 Å². The van der Waals surface area contributed by atoms with Crippen LogP contribution in [0, 0.1) is 5.92 Å². The molecular weight excluding hydrogens is 306 g/mol. The van der Waals surface area contributed by atoms with Gasteiger partial charge in [-0.25, -0.2) is 13.4 Å². The minimum Gasteiger partial charge on any atom is -0.339 e. The highest BCUT2D eigenvalue weighted by molar-refractivity contribution is 9.09. The van der Waals surface area contributed by atoms with Crippen LogP contribution >= 0.6 is 15.9 Å². The summed E-state index contributed by atoms with van der Waals surface area (Å²) in [5.74, 6) is 0.466. The molecule has 0 radical (unpaired) electrons. The second-order valence-electron chi connectivity index (χ2n) is 4.37. The molecule has 0 bridgehead atoms. The number of hydrogen-bond donors (Lipinski definition) is 0. The second-order valence-corrected chi connectivity index (χ2v) is 7.05. The molecule has 2 heterocycles. The summed E-state index contributed by atoms with van der Waals surface area (Å²) in [6.45, 7) is 1.22. The Bertz CT molecular complexity index is 485. The Hall–Kier alpha value is -0.400. The first-order chi connectivity index (χ1) is 8.04. The summed E-state index contributed by atoms with van der Waals surface area (Å²) in [6, 6.07) is 0. The smallest absolute Gasteiger partial charge is 0.262 e. The van der Waals surface area contributed by atoms with Crippen LogP contribution in [0.5, 0.6) is 0 Å². The maximum absolute atomic E-state index is 12.2. The topological polar surface area (TPSA) is 55.2 Å². The van der Waals surface area contributed by atoms with Crippen molar-refractivity contribution >= 4 is 26.0 Å². The molecule has 1 unspecified atom stereocenters. The van der Waals surface area contributed by atoms with Crippen molar-refractivity contribution in [1.29, 1.82) is 0 Å². The predicted molar refractivity (Wildman–Crippen MR) is 68.5 cm³/mol. The zero-order valence-corrected chi connectivity index (χ0v) is 12.1. The summed E-state index contributed by atoms with van der Waals surface area (Å²) >= 11 is 3.39. The number of nitrogens with zero attached hydrogens (tertiary/aromatic N) is 3. The van der Waals surface area contributed by atoms with Crippen molar-refractivity contribution in [2.75, 3.05) is 18.4 Å². The SMILES string of the molecule is Cn1cnc(S(=O)(=O)N2CCC(CCBr)C2)c1. The Balaban J connectivity index is 2.13. The van der Waals surface area contributed by atoms with E-state index in [2.05, 4.69) is 20.9 Å². The first kappa shape index (κ1) is 13.0. The molecule has 5 nitrogen and oxygen atoms in total. The summed E-state index contributed by atoms with van der Waals surface area (Å²) in [4.78, 5) is 3.93. The van der Waals surface area contributed by atoms with Gasteiger partial charge in [0.25, 0.3) is 10.0 Å². The highest BCUT2D eigenvalue weighted by atomic mass is 79.9. The fraction of sp³-hybridized carbons (Fsp3) is 0.700. The van der Waals surface area contributed by atoms with Gasteiger partial charge in [0.15, 0.2) is 5.03 Å². The van der Waals surface area contributed by atoms with Crippen molar-refractivity contribution in [3.8, 4) is 0 Å². The first-order valence-electron chi connectivity index (χ1n) is 5.58. The van der Waals surface area contributed by atoms with E-state index in [1.807, 2.05) is 0 Å². The molecule has 0 N–H and O–H groups in total. The predicted octanol–water partition coefficient (Wildman–Crippen LogP) is 1.22. The van der Waals surface area contributed by atoms with Gasteiger partial charge < -0.3 is 4.57 Å². The van der Waals surface area contributed by atoms with E-state index >= 15 is 0 Å². The molecule has 7 heteroatoms. The molecule has 1 aliphatic heterocycles. The maximum atomic E-state index is 12.2. The normalized spacial score (nSPS) is 22.1. The lowest BCUT2D eigenvalue weighted by molar-refractivity contribution is 0.452. The number of hydrogen-bond acceptors (Lipinski definition) is 3. The fourth-order valence-electron chi connectivity index (χ4n) is 2.06. The third-order valence-electron chi connectivity index (χ3n) is 3.05. The van der Waals surface area contributed by atoms with Gasteiger partial charge in [-0.2, -0.15) is 4.31 Å². The van der Waals surface area contributed by atoms with Crippen LogP contribution in [0.1, 0.15) is 12.8 Å². The monoisotopic (exact) mass is 321 g/mol. The zero-order chi connectivity index (χ0) is 12.5. The number of rotatable bonds is 4. The van der Waals surface area contributed by atoms with Crippen molar-refractivity contribution in [3.63, 3.8) is 0 Å². The molecule has 96 valence electrons. The molecule has 2 rings (SSSR count). The van der Waals surface area contributed by atoms with Crippen LogP contribution in [0.4, 0.5) is 0 Å². The van der Waals surface area contributed by atoms with E-state index in [0.29, 0.717) is 19.0 Å². The van der Waals surface area contributed by atoms with E-state index < -0.39 is 10.0 Å². The van der Waals surface area contributed by atoms with Crippen LogP contribution in [0.15, 0.2) is 17.6 Å². The minimum atomic E-state index is -3.38.